The van der Waals surface area contributed by atoms with Crippen molar-refractivity contribution in [1.29, 1.82) is 0 Å². The van der Waals surface area contributed by atoms with E-state index in [2.05, 4.69) is 45.0 Å². The zero-order valence-electron chi connectivity index (χ0n) is 13.5. The standard InChI is InChI=1S/C17H27NO2/c1-13-7-9-14(10-8-13)16(2,3)11-15(19)18(6)12-17(4,5)20/h7-10,20H,11-12H2,1-6H3. The lowest BCUT2D eigenvalue weighted by atomic mass is 9.81. The van der Waals surface area contributed by atoms with Crippen LogP contribution in [0.15, 0.2) is 24.3 Å². The Hall–Kier alpha value is -1.35. The van der Waals surface area contributed by atoms with E-state index in [-0.39, 0.29) is 11.3 Å². The number of amides is 1. The molecular weight excluding hydrogens is 250 g/mol. The van der Waals surface area contributed by atoms with Crippen molar-refractivity contribution in [1.82, 2.24) is 4.90 Å². The number of benzene rings is 1. The van der Waals surface area contributed by atoms with Gasteiger partial charge in [0.1, 0.15) is 0 Å². The lowest BCUT2D eigenvalue weighted by molar-refractivity contribution is -0.133. The fourth-order valence-electron chi connectivity index (χ4n) is 2.29. The molecule has 0 aliphatic carbocycles. The Morgan fingerprint density at radius 1 is 1.15 bits per heavy atom. The van der Waals surface area contributed by atoms with Gasteiger partial charge in [-0.15, -0.1) is 0 Å². The second kappa shape index (κ2) is 5.96. The van der Waals surface area contributed by atoms with Gasteiger partial charge in [-0.25, -0.2) is 0 Å². The third-order valence-corrected chi connectivity index (χ3v) is 3.48. The van der Waals surface area contributed by atoms with E-state index >= 15 is 0 Å². The molecule has 0 spiro atoms. The van der Waals surface area contributed by atoms with Crippen molar-refractivity contribution >= 4 is 5.91 Å². The van der Waals surface area contributed by atoms with Gasteiger partial charge in [0.2, 0.25) is 5.91 Å². The minimum Gasteiger partial charge on any atom is -0.389 e. The predicted molar refractivity (Wildman–Crippen MR) is 82.8 cm³/mol. The first-order chi connectivity index (χ1) is 9.01. The van der Waals surface area contributed by atoms with E-state index in [0.29, 0.717) is 13.0 Å². The zero-order chi connectivity index (χ0) is 15.6. The van der Waals surface area contributed by atoms with Crippen LogP contribution in [0.4, 0.5) is 0 Å². The Labute approximate surface area is 122 Å². The molecule has 0 aliphatic rings. The van der Waals surface area contributed by atoms with Gasteiger partial charge in [-0.1, -0.05) is 43.7 Å². The van der Waals surface area contributed by atoms with Crippen molar-refractivity contribution in [2.45, 2.75) is 52.1 Å². The zero-order valence-corrected chi connectivity index (χ0v) is 13.5. The second-order valence-electron chi connectivity index (χ2n) is 6.99. The lowest BCUT2D eigenvalue weighted by Gasteiger charge is -2.30. The molecule has 20 heavy (non-hydrogen) atoms. The van der Waals surface area contributed by atoms with E-state index in [9.17, 15) is 9.90 Å². The largest absolute Gasteiger partial charge is 0.389 e. The number of hydrogen-bond donors (Lipinski definition) is 1. The van der Waals surface area contributed by atoms with E-state index in [0.717, 1.165) is 5.56 Å². The molecule has 0 saturated carbocycles. The molecule has 3 heteroatoms. The van der Waals surface area contributed by atoms with Crippen molar-refractivity contribution in [3.05, 3.63) is 35.4 Å². The molecule has 0 radical (unpaired) electrons. The summed E-state index contributed by atoms with van der Waals surface area (Å²) in [6, 6.07) is 8.31. The summed E-state index contributed by atoms with van der Waals surface area (Å²) in [5.41, 5.74) is 1.31. The maximum atomic E-state index is 12.3. The maximum Gasteiger partial charge on any atom is 0.223 e. The number of aliphatic hydroxyl groups is 1. The molecule has 0 atom stereocenters. The van der Waals surface area contributed by atoms with Crippen LogP contribution in [0.2, 0.25) is 0 Å². The molecule has 1 aromatic carbocycles. The van der Waals surface area contributed by atoms with Gasteiger partial charge in [0.15, 0.2) is 0 Å². The first-order valence-corrected chi connectivity index (χ1v) is 7.05. The number of rotatable bonds is 5. The quantitative estimate of drug-likeness (QED) is 0.899. The summed E-state index contributed by atoms with van der Waals surface area (Å²) in [5, 5.41) is 9.79. The highest BCUT2D eigenvalue weighted by atomic mass is 16.3. The lowest BCUT2D eigenvalue weighted by Crippen LogP contribution is -2.41. The smallest absolute Gasteiger partial charge is 0.223 e. The number of hydrogen-bond acceptors (Lipinski definition) is 2. The molecule has 0 aliphatic heterocycles. The highest BCUT2D eigenvalue weighted by Gasteiger charge is 2.27. The number of carbonyl (C=O) groups is 1. The first-order valence-electron chi connectivity index (χ1n) is 7.05. The number of likely N-dealkylation sites (N-methyl/N-ethyl adjacent to an activating group) is 1. The molecule has 1 amide bonds. The summed E-state index contributed by atoms with van der Waals surface area (Å²) >= 11 is 0. The molecule has 1 N–H and O–H groups in total. The summed E-state index contributed by atoms with van der Waals surface area (Å²) in [7, 11) is 1.74. The Balaban J connectivity index is 2.75. The monoisotopic (exact) mass is 277 g/mol. The van der Waals surface area contributed by atoms with Crippen LogP contribution in [0.3, 0.4) is 0 Å². The molecule has 0 bridgehead atoms. The molecule has 0 heterocycles. The number of nitrogens with zero attached hydrogens (tertiary/aromatic N) is 1. The molecule has 0 unspecified atom stereocenters. The van der Waals surface area contributed by atoms with Gasteiger partial charge in [-0.2, -0.15) is 0 Å². The summed E-state index contributed by atoms with van der Waals surface area (Å²) in [5.74, 6) is 0.0534. The highest BCUT2D eigenvalue weighted by molar-refractivity contribution is 5.77. The summed E-state index contributed by atoms with van der Waals surface area (Å²) in [6.45, 7) is 9.97. The predicted octanol–water partition coefficient (Wildman–Crippen LogP) is 2.89. The molecule has 0 fully saturated rings. The van der Waals surface area contributed by atoms with Crippen molar-refractivity contribution < 1.29 is 9.90 Å². The molecule has 0 saturated heterocycles. The van der Waals surface area contributed by atoms with Gasteiger partial charge in [-0.3, -0.25) is 4.79 Å². The van der Waals surface area contributed by atoms with Crippen molar-refractivity contribution in [3.63, 3.8) is 0 Å². The fraction of sp³-hybridized carbons (Fsp3) is 0.588. The summed E-state index contributed by atoms with van der Waals surface area (Å²) < 4.78 is 0. The minimum atomic E-state index is -0.863. The number of aryl methyl sites for hydroxylation is 1. The van der Waals surface area contributed by atoms with Gasteiger partial charge < -0.3 is 10.0 Å². The van der Waals surface area contributed by atoms with Crippen LogP contribution in [0.25, 0.3) is 0 Å². The Bertz CT molecular complexity index is 455. The Morgan fingerprint density at radius 3 is 2.10 bits per heavy atom. The third kappa shape index (κ3) is 4.97. The van der Waals surface area contributed by atoms with E-state index in [4.69, 9.17) is 0 Å². The first kappa shape index (κ1) is 16.7. The van der Waals surface area contributed by atoms with Gasteiger partial charge in [-0.05, 0) is 31.7 Å². The summed E-state index contributed by atoms with van der Waals surface area (Å²) in [4.78, 5) is 13.9. The molecule has 3 nitrogen and oxygen atoms in total. The van der Waals surface area contributed by atoms with Gasteiger partial charge >= 0.3 is 0 Å². The maximum absolute atomic E-state index is 12.3. The van der Waals surface area contributed by atoms with E-state index < -0.39 is 5.60 Å². The molecule has 1 aromatic rings. The van der Waals surface area contributed by atoms with Crippen molar-refractivity contribution in [2.75, 3.05) is 13.6 Å². The van der Waals surface area contributed by atoms with Crippen molar-refractivity contribution in [2.24, 2.45) is 0 Å². The van der Waals surface area contributed by atoms with Gasteiger partial charge in [0, 0.05) is 20.0 Å². The van der Waals surface area contributed by atoms with Crippen LogP contribution < -0.4 is 0 Å². The highest BCUT2D eigenvalue weighted by Crippen LogP contribution is 2.28. The minimum absolute atomic E-state index is 0.0534. The molecular formula is C17H27NO2. The van der Waals surface area contributed by atoms with E-state index in [1.165, 1.54) is 5.56 Å². The molecule has 112 valence electrons. The van der Waals surface area contributed by atoms with Crippen molar-refractivity contribution in [3.8, 4) is 0 Å². The molecule has 1 rings (SSSR count). The van der Waals surface area contributed by atoms with Crippen LogP contribution in [0.5, 0.6) is 0 Å². The average Bonchev–Trinajstić information content (AvgIpc) is 2.26. The second-order valence-corrected chi connectivity index (χ2v) is 6.99. The molecule has 0 aromatic heterocycles. The van der Waals surface area contributed by atoms with Crippen LogP contribution >= 0.6 is 0 Å². The van der Waals surface area contributed by atoms with Crippen LogP contribution in [-0.4, -0.2) is 35.1 Å². The average molecular weight is 277 g/mol. The van der Waals surface area contributed by atoms with Crippen LogP contribution in [-0.2, 0) is 10.2 Å². The van der Waals surface area contributed by atoms with Crippen LogP contribution in [0, 0.1) is 6.92 Å². The fourth-order valence-corrected chi connectivity index (χ4v) is 2.29. The topological polar surface area (TPSA) is 40.5 Å². The summed E-state index contributed by atoms with van der Waals surface area (Å²) in [6.07, 6.45) is 0.433. The third-order valence-electron chi connectivity index (χ3n) is 3.48. The Kier molecular flexibility index (Phi) is 4.98. The Morgan fingerprint density at radius 2 is 1.65 bits per heavy atom. The van der Waals surface area contributed by atoms with Gasteiger partial charge in [0.05, 0.1) is 5.60 Å². The SMILES string of the molecule is Cc1ccc(C(C)(C)CC(=O)N(C)CC(C)(C)O)cc1. The number of carbonyl (C=O) groups excluding carboxylic acids is 1. The van der Waals surface area contributed by atoms with Gasteiger partial charge in [0.25, 0.3) is 0 Å². The normalized spacial score (nSPS) is 12.3. The van der Waals surface area contributed by atoms with E-state index in [1.807, 2.05) is 0 Å². The van der Waals surface area contributed by atoms with E-state index in [1.54, 1.807) is 25.8 Å². The van der Waals surface area contributed by atoms with Crippen LogP contribution in [0.1, 0.15) is 45.2 Å².